The molecule has 6 heteroatoms. The van der Waals surface area contributed by atoms with Crippen LogP contribution in [-0.4, -0.2) is 16.1 Å². The van der Waals surface area contributed by atoms with Gasteiger partial charge in [0.05, 0.1) is 16.9 Å². The van der Waals surface area contributed by atoms with Crippen molar-refractivity contribution in [3.63, 3.8) is 0 Å². The van der Waals surface area contributed by atoms with Crippen LogP contribution < -0.4 is 10.5 Å². The number of halogens is 1. The molecule has 2 N–H and O–H groups in total. The maximum Gasteiger partial charge on any atom is 0.409 e. The average molecular weight is 384 g/mol. The standard InChI is InChI=1S/C18H14BrN3O2/c1-11-6-7-21-14(8-11)3-2-13-4-5-15-16(22-13)9-12(19)10-17(15)24-18(20)23/h2-10H,1H3,(H2,20,23). The summed E-state index contributed by atoms with van der Waals surface area (Å²) < 4.78 is 5.78. The van der Waals surface area contributed by atoms with Crippen molar-refractivity contribution >= 4 is 45.1 Å². The molecule has 0 saturated carbocycles. The van der Waals surface area contributed by atoms with E-state index in [1.54, 1.807) is 12.3 Å². The summed E-state index contributed by atoms with van der Waals surface area (Å²) in [6.07, 6.45) is 4.70. The maximum absolute atomic E-state index is 11.0. The van der Waals surface area contributed by atoms with Crippen LogP contribution in [0.4, 0.5) is 4.79 Å². The molecule has 0 aliphatic rings. The summed E-state index contributed by atoms with van der Waals surface area (Å²) in [4.78, 5) is 19.9. The Balaban J connectivity index is 1.98. The predicted molar refractivity (Wildman–Crippen MR) is 97.6 cm³/mol. The minimum Gasteiger partial charge on any atom is -0.410 e. The van der Waals surface area contributed by atoms with Gasteiger partial charge in [-0.05, 0) is 61.0 Å². The number of aromatic nitrogens is 2. The van der Waals surface area contributed by atoms with Gasteiger partial charge in [-0.1, -0.05) is 15.9 Å². The molecular formula is C18H14BrN3O2. The molecule has 0 atom stereocenters. The van der Waals surface area contributed by atoms with Crippen LogP contribution >= 0.6 is 15.9 Å². The number of fused-ring (bicyclic) bond motifs is 1. The monoisotopic (exact) mass is 383 g/mol. The normalized spacial score (nSPS) is 11.1. The third-order valence-corrected chi connectivity index (χ3v) is 3.79. The zero-order valence-electron chi connectivity index (χ0n) is 12.9. The van der Waals surface area contributed by atoms with E-state index < -0.39 is 6.09 Å². The molecule has 0 aliphatic carbocycles. The first kappa shape index (κ1) is 16.1. The number of amides is 1. The number of rotatable bonds is 3. The van der Waals surface area contributed by atoms with Crippen molar-refractivity contribution in [2.24, 2.45) is 5.73 Å². The topological polar surface area (TPSA) is 78.1 Å². The number of carbonyl (C=O) groups excluding carboxylic acids is 1. The molecule has 0 spiro atoms. The van der Waals surface area contributed by atoms with Crippen molar-refractivity contribution in [1.29, 1.82) is 0 Å². The Morgan fingerprint density at radius 1 is 1.17 bits per heavy atom. The number of carbonyl (C=O) groups is 1. The van der Waals surface area contributed by atoms with Gasteiger partial charge >= 0.3 is 6.09 Å². The Kier molecular flexibility index (Phi) is 4.57. The van der Waals surface area contributed by atoms with Crippen molar-refractivity contribution in [3.05, 3.63) is 64.0 Å². The lowest BCUT2D eigenvalue weighted by atomic mass is 10.1. The summed E-state index contributed by atoms with van der Waals surface area (Å²) in [6.45, 7) is 2.02. The largest absolute Gasteiger partial charge is 0.410 e. The molecule has 5 nitrogen and oxygen atoms in total. The molecule has 2 heterocycles. The number of pyridine rings is 2. The zero-order chi connectivity index (χ0) is 17.1. The number of hydrogen-bond acceptors (Lipinski definition) is 4. The molecule has 0 aliphatic heterocycles. The van der Waals surface area contributed by atoms with Gasteiger partial charge in [-0.2, -0.15) is 0 Å². The third-order valence-electron chi connectivity index (χ3n) is 3.33. The van der Waals surface area contributed by atoms with E-state index in [4.69, 9.17) is 10.5 Å². The first-order valence-corrected chi connectivity index (χ1v) is 7.99. The van der Waals surface area contributed by atoms with Crippen molar-refractivity contribution in [3.8, 4) is 5.75 Å². The van der Waals surface area contributed by atoms with E-state index in [0.29, 0.717) is 16.7 Å². The molecular weight excluding hydrogens is 370 g/mol. The van der Waals surface area contributed by atoms with Gasteiger partial charge in [0.25, 0.3) is 0 Å². The fraction of sp³-hybridized carbons (Fsp3) is 0.0556. The van der Waals surface area contributed by atoms with E-state index in [1.165, 1.54) is 0 Å². The maximum atomic E-state index is 11.0. The fourth-order valence-electron chi connectivity index (χ4n) is 2.29. The van der Waals surface area contributed by atoms with Crippen LogP contribution in [0.2, 0.25) is 0 Å². The quantitative estimate of drug-likeness (QED) is 0.729. The Bertz CT molecular complexity index is 954. The van der Waals surface area contributed by atoms with Crippen LogP contribution in [0.3, 0.4) is 0 Å². The lowest BCUT2D eigenvalue weighted by Gasteiger charge is -2.07. The summed E-state index contributed by atoms with van der Waals surface area (Å²) in [5.74, 6) is 0.371. The van der Waals surface area contributed by atoms with Gasteiger partial charge in [0.15, 0.2) is 0 Å². The number of primary amides is 1. The summed E-state index contributed by atoms with van der Waals surface area (Å²) in [7, 11) is 0. The molecule has 0 fully saturated rings. The number of benzene rings is 1. The zero-order valence-corrected chi connectivity index (χ0v) is 14.4. The van der Waals surface area contributed by atoms with Crippen LogP contribution in [0.1, 0.15) is 17.0 Å². The van der Waals surface area contributed by atoms with Crippen LogP contribution in [0.15, 0.2) is 47.1 Å². The third kappa shape index (κ3) is 3.78. The van der Waals surface area contributed by atoms with Gasteiger partial charge < -0.3 is 10.5 Å². The Labute approximate surface area is 147 Å². The molecule has 0 saturated heterocycles. The number of aryl methyl sites for hydroxylation is 1. The van der Waals surface area contributed by atoms with E-state index in [0.717, 1.165) is 21.4 Å². The highest BCUT2D eigenvalue weighted by Gasteiger charge is 2.08. The molecule has 120 valence electrons. The van der Waals surface area contributed by atoms with E-state index in [2.05, 4.69) is 25.9 Å². The van der Waals surface area contributed by atoms with E-state index in [9.17, 15) is 4.79 Å². The summed E-state index contributed by atoms with van der Waals surface area (Å²) in [5.41, 5.74) is 8.58. The van der Waals surface area contributed by atoms with Gasteiger partial charge in [-0.25, -0.2) is 9.78 Å². The van der Waals surface area contributed by atoms with Gasteiger partial charge in [0.2, 0.25) is 0 Å². The number of nitrogens with zero attached hydrogens (tertiary/aromatic N) is 2. The second kappa shape index (κ2) is 6.80. The highest BCUT2D eigenvalue weighted by molar-refractivity contribution is 9.10. The average Bonchev–Trinajstić information content (AvgIpc) is 2.52. The van der Waals surface area contributed by atoms with Crippen molar-refractivity contribution in [1.82, 2.24) is 9.97 Å². The van der Waals surface area contributed by atoms with Crippen molar-refractivity contribution < 1.29 is 9.53 Å². The molecule has 3 aromatic rings. The van der Waals surface area contributed by atoms with E-state index >= 15 is 0 Å². The second-order valence-electron chi connectivity index (χ2n) is 5.22. The SMILES string of the molecule is Cc1ccnc(C=Cc2ccc3c(OC(N)=O)cc(Br)cc3n2)c1. The minimum atomic E-state index is -0.858. The Morgan fingerprint density at radius 2 is 1.96 bits per heavy atom. The highest BCUT2D eigenvalue weighted by atomic mass is 79.9. The molecule has 0 unspecified atom stereocenters. The lowest BCUT2D eigenvalue weighted by Crippen LogP contribution is -2.16. The van der Waals surface area contributed by atoms with E-state index in [1.807, 2.05) is 49.4 Å². The van der Waals surface area contributed by atoms with E-state index in [-0.39, 0.29) is 0 Å². The highest BCUT2D eigenvalue weighted by Crippen LogP contribution is 2.29. The van der Waals surface area contributed by atoms with Gasteiger partial charge in [0, 0.05) is 16.1 Å². The number of ether oxygens (including phenoxy) is 1. The lowest BCUT2D eigenvalue weighted by molar-refractivity contribution is 0.211. The van der Waals surface area contributed by atoms with Gasteiger partial charge in [-0.3, -0.25) is 4.98 Å². The second-order valence-corrected chi connectivity index (χ2v) is 6.13. The van der Waals surface area contributed by atoms with Crippen LogP contribution in [-0.2, 0) is 0 Å². The molecule has 24 heavy (non-hydrogen) atoms. The van der Waals surface area contributed by atoms with Crippen molar-refractivity contribution in [2.45, 2.75) is 6.92 Å². The van der Waals surface area contributed by atoms with Crippen LogP contribution in [0.25, 0.3) is 23.1 Å². The molecule has 0 bridgehead atoms. The smallest absolute Gasteiger partial charge is 0.409 e. The molecule has 1 amide bonds. The molecule has 0 radical (unpaired) electrons. The van der Waals surface area contributed by atoms with Gasteiger partial charge in [-0.15, -0.1) is 0 Å². The van der Waals surface area contributed by atoms with Crippen LogP contribution in [0, 0.1) is 6.92 Å². The summed E-state index contributed by atoms with van der Waals surface area (Å²) in [6, 6.07) is 11.2. The number of hydrogen-bond donors (Lipinski definition) is 1. The molecule has 3 rings (SSSR count). The van der Waals surface area contributed by atoms with Gasteiger partial charge in [0.1, 0.15) is 5.75 Å². The minimum absolute atomic E-state index is 0.371. The first-order valence-electron chi connectivity index (χ1n) is 7.19. The Hall–Kier alpha value is -2.73. The number of nitrogens with two attached hydrogens (primary N) is 1. The summed E-state index contributed by atoms with van der Waals surface area (Å²) >= 11 is 3.38. The van der Waals surface area contributed by atoms with Crippen molar-refractivity contribution in [2.75, 3.05) is 0 Å². The van der Waals surface area contributed by atoms with Crippen LogP contribution in [0.5, 0.6) is 5.75 Å². The molecule has 2 aromatic heterocycles. The first-order chi connectivity index (χ1) is 11.5. The fourth-order valence-corrected chi connectivity index (χ4v) is 2.72. The predicted octanol–water partition coefficient (Wildman–Crippen LogP) is 4.33. The molecule has 1 aromatic carbocycles. The Morgan fingerprint density at radius 3 is 2.71 bits per heavy atom. The summed E-state index contributed by atoms with van der Waals surface area (Å²) in [5, 5.41) is 0.711.